The summed E-state index contributed by atoms with van der Waals surface area (Å²) in [7, 11) is 0. The van der Waals surface area contributed by atoms with Gasteiger partial charge in [0.05, 0.1) is 42.1 Å². The Balaban J connectivity index is 1.34. The molecular weight excluding hydrogens is 440 g/mol. The van der Waals surface area contributed by atoms with E-state index in [-0.39, 0.29) is 12.0 Å². The van der Waals surface area contributed by atoms with Crippen molar-refractivity contribution in [3.8, 4) is 5.69 Å². The third-order valence-corrected chi connectivity index (χ3v) is 5.41. The average molecular weight is 464 g/mol. The van der Waals surface area contributed by atoms with Crippen LogP contribution in [0.5, 0.6) is 0 Å². The molecule has 176 valence electrons. The van der Waals surface area contributed by atoms with E-state index in [0.29, 0.717) is 43.1 Å². The SMILES string of the molecule is O=C(Cc1ccc(-n2cccc2)c(C(=O)O)c1)OCOC(=O)c1ccccc1N1CCOCC1. The number of carboxylic acids is 1. The Bertz CT molecular complexity index is 1170. The lowest BCUT2D eigenvalue weighted by Gasteiger charge is -2.30. The fourth-order valence-corrected chi connectivity index (χ4v) is 3.76. The van der Waals surface area contributed by atoms with Gasteiger partial charge in [-0.1, -0.05) is 18.2 Å². The van der Waals surface area contributed by atoms with E-state index in [2.05, 4.69) is 0 Å². The second kappa shape index (κ2) is 10.7. The summed E-state index contributed by atoms with van der Waals surface area (Å²) in [6.07, 6.45) is 3.32. The van der Waals surface area contributed by atoms with Crippen molar-refractivity contribution < 1.29 is 33.7 Å². The molecule has 0 spiro atoms. The number of ether oxygens (including phenoxy) is 3. The summed E-state index contributed by atoms with van der Waals surface area (Å²) < 4.78 is 17.3. The van der Waals surface area contributed by atoms with Crippen molar-refractivity contribution in [2.24, 2.45) is 0 Å². The van der Waals surface area contributed by atoms with Crippen LogP contribution in [-0.4, -0.2) is 60.7 Å². The van der Waals surface area contributed by atoms with Crippen molar-refractivity contribution >= 4 is 23.6 Å². The van der Waals surface area contributed by atoms with Crippen LogP contribution in [-0.2, 0) is 25.4 Å². The fraction of sp³-hybridized carbons (Fsp3) is 0.240. The number of carbonyl (C=O) groups excluding carboxylic acids is 2. The Morgan fingerprint density at radius 2 is 1.62 bits per heavy atom. The molecule has 1 saturated heterocycles. The molecule has 0 saturated carbocycles. The van der Waals surface area contributed by atoms with Crippen molar-refractivity contribution in [2.45, 2.75) is 6.42 Å². The lowest BCUT2D eigenvalue weighted by Crippen LogP contribution is -2.37. The Morgan fingerprint density at radius 3 is 2.35 bits per heavy atom. The molecule has 0 radical (unpaired) electrons. The van der Waals surface area contributed by atoms with Gasteiger partial charge in [0.25, 0.3) is 0 Å². The normalized spacial score (nSPS) is 13.4. The number of nitrogens with zero attached hydrogens (tertiary/aromatic N) is 2. The number of anilines is 1. The van der Waals surface area contributed by atoms with Gasteiger partial charge in [-0.2, -0.15) is 0 Å². The molecule has 0 amide bonds. The number of carbonyl (C=O) groups is 3. The van der Waals surface area contributed by atoms with Crippen molar-refractivity contribution in [2.75, 3.05) is 38.0 Å². The molecule has 2 aromatic carbocycles. The average Bonchev–Trinajstić information content (AvgIpc) is 3.39. The molecular formula is C25H24N2O7. The first-order chi connectivity index (χ1) is 16.5. The zero-order valence-corrected chi connectivity index (χ0v) is 18.4. The van der Waals surface area contributed by atoms with Crippen LogP contribution in [0.3, 0.4) is 0 Å². The molecule has 1 aliphatic rings. The lowest BCUT2D eigenvalue weighted by atomic mass is 10.1. The van der Waals surface area contributed by atoms with Crippen LogP contribution in [0.15, 0.2) is 67.0 Å². The van der Waals surface area contributed by atoms with Gasteiger partial charge in [-0.05, 0) is 42.0 Å². The number of benzene rings is 2. The third kappa shape index (κ3) is 5.44. The van der Waals surface area contributed by atoms with E-state index >= 15 is 0 Å². The van der Waals surface area contributed by atoms with Crippen LogP contribution < -0.4 is 4.90 Å². The van der Waals surface area contributed by atoms with Gasteiger partial charge >= 0.3 is 17.9 Å². The predicted octanol–water partition coefficient (Wildman–Crippen LogP) is 2.91. The Labute approximate surface area is 196 Å². The number of hydrogen-bond donors (Lipinski definition) is 1. The summed E-state index contributed by atoms with van der Waals surface area (Å²) in [4.78, 5) is 38.6. The number of rotatable bonds is 8. The zero-order valence-electron chi connectivity index (χ0n) is 18.4. The van der Waals surface area contributed by atoms with E-state index in [0.717, 1.165) is 5.69 Å². The summed E-state index contributed by atoms with van der Waals surface area (Å²) in [6, 6.07) is 15.4. The minimum absolute atomic E-state index is 0.0626. The van der Waals surface area contributed by atoms with Gasteiger partial charge in [0.1, 0.15) is 0 Å². The van der Waals surface area contributed by atoms with Gasteiger partial charge in [-0.3, -0.25) is 4.79 Å². The number of para-hydroxylation sites is 1. The summed E-state index contributed by atoms with van der Waals surface area (Å²) in [5, 5.41) is 9.55. The van der Waals surface area contributed by atoms with Crippen LogP contribution in [0.2, 0.25) is 0 Å². The second-order valence-electron chi connectivity index (χ2n) is 7.61. The lowest BCUT2D eigenvalue weighted by molar-refractivity contribution is -0.151. The Hall–Kier alpha value is -4.11. The Morgan fingerprint density at radius 1 is 0.882 bits per heavy atom. The number of aromatic carboxylic acids is 1. The van der Waals surface area contributed by atoms with E-state index in [4.69, 9.17) is 14.2 Å². The first-order valence-electron chi connectivity index (χ1n) is 10.8. The molecule has 0 atom stereocenters. The number of carboxylic acid groups (broad SMARTS) is 1. The monoisotopic (exact) mass is 464 g/mol. The van der Waals surface area contributed by atoms with Crippen molar-refractivity contribution in [3.63, 3.8) is 0 Å². The van der Waals surface area contributed by atoms with Gasteiger partial charge in [-0.25, -0.2) is 9.59 Å². The molecule has 1 aliphatic heterocycles. The molecule has 3 aromatic rings. The molecule has 1 fully saturated rings. The smallest absolute Gasteiger partial charge is 0.343 e. The second-order valence-corrected chi connectivity index (χ2v) is 7.61. The number of hydrogen-bond acceptors (Lipinski definition) is 7. The third-order valence-electron chi connectivity index (χ3n) is 5.41. The van der Waals surface area contributed by atoms with Crippen molar-refractivity contribution in [3.05, 3.63) is 83.7 Å². The van der Waals surface area contributed by atoms with Gasteiger partial charge in [0.2, 0.25) is 6.79 Å². The van der Waals surface area contributed by atoms with Crippen LogP contribution in [0.4, 0.5) is 5.69 Å². The highest BCUT2D eigenvalue weighted by molar-refractivity contribution is 5.96. The molecule has 2 heterocycles. The molecule has 34 heavy (non-hydrogen) atoms. The minimum Gasteiger partial charge on any atom is -0.478 e. The summed E-state index contributed by atoms with van der Waals surface area (Å²) >= 11 is 0. The molecule has 0 aliphatic carbocycles. The summed E-state index contributed by atoms with van der Waals surface area (Å²) in [5.74, 6) is -2.34. The zero-order chi connectivity index (χ0) is 23.9. The molecule has 1 N–H and O–H groups in total. The first kappa shape index (κ1) is 23.1. The number of esters is 2. The maximum atomic E-state index is 12.6. The van der Waals surface area contributed by atoms with Gasteiger partial charge in [0, 0.05) is 25.5 Å². The van der Waals surface area contributed by atoms with E-state index in [9.17, 15) is 19.5 Å². The maximum absolute atomic E-state index is 12.6. The maximum Gasteiger partial charge on any atom is 0.343 e. The molecule has 0 bridgehead atoms. The summed E-state index contributed by atoms with van der Waals surface area (Å²) in [5.41, 5.74) is 2.15. The highest BCUT2D eigenvalue weighted by Crippen LogP contribution is 2.22. The van der Waals surface area contributed by atoms with E-state index in [1.54, 1.807) is 53.4 Å². The minimum atomic E-state index is -1.10. The molecule has 9 heteroatoms. The summed E-state index contributed by atoms with van der Waals surface area (Å²) in [6.45, 7) is 1.96. The van der Waals surface area contributed by atoms with Gasteiger partial charge in [0.15, 0.2) is 0 Å². The topological polar surface area (TPSA) is 107 Å². The Kier molecular flexibility index (Phi) is 7.24. The molecule has 9 nitrogen and oxygen atoms in total. The fourth-order valence-electron chi connectivity index (χ4n) is 3.76. The standard InChI is InChI=1S/C25H24N2O7/c28-23(16-18-7-8-22(20(15-18)24(29)30)26-9-3-4-10-26)33-17-34-25(31)19-5-1-2-6-21(19)27-11-13-32-14-12-27/h1-10,15H,11-14,16-17H2,(H,29,30). The quantitative estimate of drug-likeness (QED) is 0.401. The van der Waals surface area contributed by atoms with Crippen molar-refractivity contribution in [1.82, 2.24) is 4.57 Å². The van der Waals surface area contributed by atoms with Gasteiger partial charge in [-0.15, -0.1) is 0 Å². The van der Waals surface area contributed by atoms with Crippen LogP contribution in [0.1, 0.15) is 26.3 Å². The largest absolute Gasteiger partial charge is 0.478 e. The van der Waals surface area contributed by atoms with E-state index < -0.39 is 24.7 Å². The first-order valence-corrected chi connectivity index (χ1v) is 10.8. The highest BCUT2D eigenvalue weighted by Gasteiger charge is 2.20. The predicted molar refractivity (Wildman–Crippen MR) is 122 cm³/mol. The van der Waals surface area contributed by atoms with E-state index in [1.165, 1.54) is 6.07 Å². The van der Waals surface area contributed by atoms with Crippen LogP contribution in [0, 0.1) is 0 Å². The number of morpholine rings is 1. The molecule has 1 aromatic heterocycles. The van der Waals surface area contributed by atoms with E-state index in [1.807, 2.05) is 17.0 Å². The highest BCUT2D eigenvalue weighted by atomic mass is 16.7. The van der Waals surface area contributed by atoms with Crippen LogP contribution >= 0.6 is 0 Å². The van der Waals surface area contributed by atoms with Crippen molar-refractivity contribution in [1.29, 1.82) is 0 Å². The van der Waals surface area contributed by atoms with Gasteiger partial charge < -0.3 is 28.8 Å². The molecule has 4 rings (SSSR count). The number of aromatic nitrogens is 1. The molecule has 0 unspecified atom stereocenters. The van der Waals surface area contributed by atoms with Crippen LogP contribution in [0.25, 0.3) is 5.69 Å².